The molecule has 0 saturated heterocycles. The summed E-state index contributed by atoms with van der Waals surface area (Å²) in [5.74, 6) is 0. The van der Waals surface area contributed by atoms with Gasteiger partial charge in [-0.3, -0.25) is 0 Å². The second-order valence-electron chi connectivity index (χ2n) is 0.719. The summed E-state index contributed by atoms with van der Waals surface area (Å²) in [7, 11) is 0. The second kappa shape index (κ2) is 9.12. The molecule has 7 heteroatoms. The summed E-state index contributed by atoms with van der Waals surface area (Å²) < 4.78 is 9.02. The first kappa shape index (κ1) is 16.6. The monoisotopic (exact) mass is 230 g/mol. The SMILES string of the molecule is CC[O-].O=P([O-])([O-])Br.[Al+3]. The predicted molar refractivity (Wildman–Crippen MR) is 32.8 cm³/mol. The van der Waals surface area contributed by atoms with Gasteiger partial charge < -0.3 is 19.5 Å². The van der Waals surface area contributed by atoms with Gasteiger partial charge in [0.15, 0.2) is 0 Å². The van der Waals surface area contributed by atoms with E-state index in [1.807, 2.05) is 15.5 Å². The van der Waals surface area contributed by atoms with Crippen molar-refractivity contribution in [2.75, 3.05) is 6.61 Å². The van der Waals surface area contributed by atoms with E-state index < -0.39 is 6.30 Å². The van der Waals surface area contributed by atoms with E-state index in [4.69, 9.17) is 19.5 Å². The van der Waals surface area contributed by atoms with Crippen molar-refractivity contribution in [3.05, 3.63) is 0 Å². The Hall–Kier alpha value is 1.12. The van der Waals surface area contributed by atoms with Gasteiger partial charge >= 0.3 is 17.4 Å². The Balaban J connectivity index is -0.0000000800. The summed E-state index contributed by atoms with van der Waals surface area (Å²) in [6.07, 6.45) is -4.33. The summed E-state index contributed by atoms with van der Waals surface area (Å²) in [6.45, 7) is 1.57. The molecular weight excluding hydrogens is 226 g/mol. The molecule has 52 valence electrons. The van der Waals surface area contributed by atoms with E-state index in [9.17, 15) is 0 Å². The second-order valence-corrected chi connectivity index (χ2v) is 4.19. The van der Waals surface area contributed by atoms with Crippen LogP contribution in [0.4, 0.5) is 0 Å². The molecule has 0 aliphatic heterocycles. The quantitative estimate of drug-likeness (QED) is 0.363. The molecule has 0 heterocycles. The van der Waals surface area contributed by atoms with E-state index in [0.717, 1.165) is 0 Å². The summed E-state index contributed by atoms with van der Waals surface area (Å²) >= 11 is 1.82. The van der Waals surface area contributed by atoms with Crippen molar-refractivity contribution in [2.45, 2.75) is 6.92 Å². The summed E-state index contributed by atoms with van der Waals surface area (Å²) in [5.41, 5.74) is 0. The standard InChI is InChI=1S/C2H5O.Al.BrH2O3P/c1-2-3;;1-5(2,3)4/h2H2,1H3;;(H2,2,3,4)/q-1;+3;/p-2. The van der Waals surface area contributed by atoms with Crippen molar-refractivity contribution >= 4 is 39.1 Å². The number of hydrogen-bond acceptors (Lipinski definition) is 4. The van der Waals surface area contributed by atoms with Crippen LogP contribution in [0.3, 0.4) is 0 Å². The third-order valence-corrected chi connectivity index (χ3v) is 0. The number of halogens is 1. The van der Waals surface area contributed by atoms with Gasteiger partial charge in [0.05, 0.1) is 0 Å². The van der Waals surface area contributed by atoms with Gasteiger partial charge in [0.2, 0.25) is 0 Å². The molecule has 0 fully saturated rings. The van der Waals surface area contributed by atoms with Gasteiger partial charge in [0.25, 0.3) is 0 Å². The Morgan fingerprint density at radius 1 is 1.56 bits per heavy atom. The van der Waals surface area contributed by atoms with Crippen molar-refractivity contribution in [3.63, 3.8) is 0 Å². The topological polar surface area (TPSA) is 86.2 Å². The minimum Gasteiger partial charge on any atom is -0.855 e. The normalized spacial score (nSPS) is 8.56. The molecule has 4 nitrogen and oxygen atoms in total. The van der Waals surface area contributed by atoms with E-state index in [1.54, 1.807) is 6.92 Å². The first-order chi connectivity index (χ1) is 3.41. The predicted octanol–water partition coefficient (Wildman–Crippen LogP) is -1.80. The molecule has 0 atom stereocenters. The van der Waals surface area contributed by atoms with E-state index in [1.165, 1.54) is 0 Å². The molecule has 0 saturated carbocycles. The Labute approximate surface area is 72.3 Å². The average Bonchev–Trinajstić information content (AvgIpc) is 1.27. The van der Waals surface area contributed by atoms with Crippen LogP contribution in [0, 0.1) is 0 Å². The Kier molecular flexibility index (Phi) is 16.8. The molecule has 0 rings (SSSR count). The van der Waals surface area contributed by atoms with Gasteiger partial charge in [-0.1, -0.05) is 22.4 Å². The van der Waals surface area contributed by atoms with E-state index in [0.29, 0.717) is 0 Å². The summed E-state index contributed by atoms with van der Waals surface area (Å²) in [5, 5.41) is 8.93. The van der Waals surface area contributed by atoms with Crippen LogP contribution in [0.2, 0.25) is 0 Å². The molecule has 0 N–H and O–H groups in total. The maximum absolute atomic E-state index is 9.02. The molecule has 0 aromatic heterocycles. The Morgan fingerprint density at radius 3 is 1.56 bits per heavy atom. The molecule has 0 amide bonds. The van der Waals surface area contributed by atoms with Crippen LogP contribution >= 0.6 is 21.8 Å². The minimum absolute atomic E-state index is 0. The average molecular weight is 231 g/mol. The fraction of sp³-hybridized carbons (Fsp3) is 1.00. The van der Waals surface area contributed by atoms with Crippen LogP contribution in [0.5, 0.6) is 0 Å². The van der Waals surface area contributed by atoms with Gasteiger partial charge in [-0.15, -0.1) is 6.61 Å². The molecular formula is C2H5AlBrO4P. The van der Waals surface area contributed by atoms with Crippen LogP contribution < -0.4 is 14.9 Å². The first-order valence-electron chi connectivity index (χ1n) is 1.71. The van der Waals surface area contributed by atoms with Crippen LogP contribution in [0.25, 0.3) is 0 Å². The van der Waals surface area contributed by atoms with Gasteiger partial charge in [0, 0.05) is 6.30 Å². The van der Waals surface area contributed by atoms with Crippen molar-refractivity contribution in [1.29, 1.82) is 0 Å². The van der Waals surface area contributed by atoms with Gasteiger partial charge in [0.1, 0.15) is 0 Å². The first-order valence-corrected chi connectivity index (χ1v) is 5.27. The molecule has 0 bridgehead atoms. The van der Waals surface area contributed by atoms with E-state index in [2.05, 4.69) is 0 Å². The fourth-order valence-corrected chi connectivity index (χ4v) is 0. The number of rotatable bonds is 0. The van der Waals surface area contributed by atoms with Crippen LogP contribution in [-0.4, -0.2) is 24.0 Å². The van der Waals surface area contributed by atoms with E-state index >= 15 is 0 Å². The van der Waals surface area contributed by atoms with Gasteiger partial charge in [-0.2, -0.15) is 0 Å². The molecule has 0 spiro atoms. The zero-order valence-electron chi connectivity index (χ0n) is 4.74. The third kappa shape index (κ3) is 367. The largest absolute Gasteiger partial charge is 3.00 e. The molecule has 0 radical (unpaired) electrons. The van der Waals surface area contributed by atoms with Crippen molar-refractivity contribution < 1.29 is 19.5 Å². The van der Waals surface area contributed by atoms with Crippen molar-refractivity contribution in [1.82, 2.24) is 0 Å². The molecule has 0 aromatic carbocycles. The molecule has 0 aromatic rings. The summed E-state index contributed by atoms with van der Waals surface area (Å²) in [6, 6.07) is 0. The Bertz CT molecular complexity index is 74.4. The molecule has 0 aliphatic carbocycles. The number of hydrogen-bond donors (Lipinski definition) is 0. The van der Waals surface area contributed by atoms with Crippen LogP contribution in [0.1, 0.15) is 6.92 Å². The third-order valence-electron chi connectivity index (χ3n) is 0. The van der Waals surface area contributed by atoms with Gasteiger partial charge in [-0.05, 0) is 0 Å². The maximum atomic E-state index is 9.02. The molecule has 0 aliphatic rings. The minimum atomic E-state index is -4.33. The van der Waals surface area contributed by atoms with Crippen molar-refractivity contribution in [2.24, 2.45) is 0 Å². The van der Waals surface area contributed by atoms with Crippen LogP contribution in [0.15, 0.2) is 0 Å². The van der Waals surface area contributed by atoms with E-state index in [-0.39, 0.29) is 24.0 Å². The molecule has 0 unspecified atom stereocenters. The zero-order valence-corrected chi connectivity index (χ0v) is 8.38. The van der Waals surface area contributed by atoms with Gasteiger partial charge in [-0.25, -0.2) is 0 Å². The fourth-order valence-electron chi connectivity index (χ4n) is 0. The zero-order chi connectivity index (χ0) is 7.21. The van der Waals surface area contributed by atoms with Crippen molar-refractivity contribution in [3.8, 4) is 0 Å². The maximum Gasteiger partial charge on any atom is 3.00 e. The molecule has 9 heavy (non-hydrogen) atoms. The Morgan fingerprint density at radius 2 is 1.56 bits per heavy atom. The van der Waals surface area contributed by atoms with Crippen LogP contribution in [-0.2, 0) is 4.57 Å². The smallest absolute Gasteiger partial charge is 0.855 e. The summed E-state index contributed by atoms with van der Waals surface area (Å²) in [4.78, 5) is 18.0.